The van der Waals surface area contributed by atoms with E-state index < -0.39 is 5.82 Å². The number of carbonyl (C=O) groups excluding carboxylic acids is 1. The van der Waals surface area contributed by atoms with Crippen LogP contribution in [0.1, 0.15) is 35.7 Å². The highest BCUT2D eigenvalue weighted by atomic mass is 19.1. The highest BCUT2D eigenvalue weighted by molar-refractivity contribution is 5.99. The normalized spacial score (nSPS) is 16.4. The number of anilines is 1. The van der Waals surface area contributed by atoms with Crippen LogP contribution < -0.4 is 5.32 Å². The van der Waals surface area contributed by atoms with Gasteiger partial charge in [-0.2, -0.15) is 0 Å². The molecule has 0 unspecified atom stereocenters. The van der Waals surface area contributed by atoms with E-state index in [1.165, 1.54) is 25.1 Å². The highest BCUT2D eigenvalue weighted by Crippen LogP contribution is 2.35. The zero-order chi connectivity index (χ0) is 17.9. The number of benzene rings is 2. The summed E-state index contributed by atoms with van der Waals surface area (Å²) < 4.78 is 32.8. The fourth-order valence-corrected chi connectivity index (χ4v) is 3.43. The van der Waals surface area contributed by atoms with Gasteiger partial charge in [0.1, 0.15) is 11.6 Å². The van der Waals surface area contributed by atoms with Gasteiger partial charge in [-0.15, -0.1) is 0 Å². The van der Waals surface area contributed by atoms with Gasteiger partial charge in [-0.3, -0.25) is 4.79 Å². The first kappa shape index (κ1) is 17.5. The smallest absolute Gasteiger partial charge is 0.164 e. The lowest BCUT2D eigenvalue weighted by molar-refractivity contribution is 0.0543. The average Bonchev–Trinajstić information content (AvgIpc) is 2.61. The van der Waals surface area contributed by atoms with Gasteiger partial charge in [-0.05, 0) is 49.6 Å². The lowest BCUT2D eigenvalue weighted by Crippen LogP contribution is -2.40. The molecular formula is C20H21F2NO2. The molecule has 0 atom stereocenters. The van der Waals surface area contributed by atoms with Gasteiger partial charge in [-0.25, -0.2) is 8.78 Å². The Kier molecular flexibility index (Phi) is 5.13. The first-order valence-electron chi connectivity index (χ1n) is 8.39. The topological polar surface area (TPSA) is 38.3 Å². The average molecular weight is 345 g/mol. The van der Waals surface area contributed by atoms with E-state index in [2.05, 4.69) is 5.32 Å². The third kappa shape index (κ3) is 3.71. The minimum Gasteiger partial charge on any atom is -0.383 e. The van der Waals surface area contributed by atoms with Crippen LogP contribution >= 0.6 is 0 Å². The molecule has 3 nitrogen and oxygen atoms in total. The molecule has 1 N–H and O–H groups in total. The maximum Gasteiger partial charge on any atom is 0.164 e. The zero-order valence-corrected chi connectivity index (χ0v) is 14.1. The Balaban J connectivity index is 1.89. The second-order valence-corrected chi connectivity index (χ2v) is 6.47. The largest absolute Gasteiger partial charge is 0.383 e. The van der Waals surface area contributed by atoms with Crippen LogP contribution in [-0.4, -0.2) is 25.5 Å². The van der Waals surface area contributed by atoms with E-state index in [4.69, 9.17) is 4.74 Å². The van der Waals surface area contributed by atoms with Crippen LogP contribution in [0.3, 0.4) is 0 Å². The summed E-state index contributed by atoms with van der Waals surface area (Å²) in [5, 5.41) is 3.25. The summed E-state index contributed by atoms with van der Waals surface area (Å²) in [6.07, 6.45) is 1.55. The Morgan fingerprint density at radius 2 is 1.80 bits per heavy atom. The van der Waals surface area contributed by atoms with Gasteiger partial charge in [0, 0.05) is 30.9 Å². The van der Waals surface area contributed by atoms with E-state index in [0.29, 0.717) is 25.4 Å². The molecule has 5 heteroatoms. The van der Waals surface area contributed by atoms with Gasteiger partial charge >= 0.3 is 0 Å². The Hall–Kier alpha value is -2.27. The van der Waals surface area contributed by atoms with Crippen LogP contribution in [0.5, 0.6) is 0 Å². The van der Waals surface area contributed by atoms with Crippen molar-refractivity contribution in [1.82, 2.24) is 0 Å². The molecule has 2 aromatic rings. The number of ketones is 1. The van der Waals surface area contributed by atoms with Crippen molar-refractivity contribution >= 4 is 11.5 Å². The van der Waals surface area contributed by atoms with Gasteiger partial charge in [0.2, 0.25) is 0 Å². The molecule has 0 saturated carbocycles. The molecule has 3 rings (SSSR count). The van der Waals surface area contributed by atoms with Crippen LogP contribution in [0, 0.1) is 11.6 Å². The summed E-state index contributed by atoms with van der Waals surface area (Å²) in [7, 11) is 0. The lowest BCUT2D eigenvalue weighted by Gasteiger charge is -2.38. The first-order chi connectivity index (χ1) is 12.0. The van der Waals surface area contributed by atoms with Crippen LogP contribution in [0.2, 0.25) is 0 Å². The van der Waals surface area contributed by atoms with Gasteiger partial charge in [0.05, 0.1) is 5.56 Å². The molecule has 1 saturated heterocycles. The zero-order valence-electron chi connectivity index (χ0n) is 14.1. The number of nitrogens with one attached hydrogen (secondary N) is 1. The summed E-state index contributed by atoms with van der Waals surface area (Å²) >= 11 is 0. The second kappa shape index (κ2) is 7.31. The Morgan fingerprint density at radius 1 is 1.12 bits per heavy atom. The van der Waals surface area contributed by atoms with Gasteiger partial charge in [0.15, 0.2) is 5.78 Å². The molecule has 2 aromatic carbocycles. The van der Waals surface area contributed by atoms with Crippen molar-refractivity contribution in [3.63, 3.8) is 0 Å². The number of carbonyl (C=O) groups is 1. The van der Waals surface area contributed by atoms with Crippen molar-refractivity contribution in [2.24, 2.45) is 0 Å². The maximum absolute atomic E-state index is 14.0. The molecule has 1 heterocycles. The monoisotopic (exact) mass is 345 g/mol. The summed E-state index contributed by atoms with van der Waals surface area (Å²) in [4.78, 5) is 11.8. The van der Waals surface area contributed by atoms with Crippen LogP contribution in [-0.2, 0) is 10.2 Å². The fraction of sp³-hybridized carbons (Fsp3) is 0.350. The van der Waals surface area contributed by atoms with Crippen molar-refractivity contribution < 1.29 is 18.3 Å². The molecule has 0 spiro atoms. The lowest BCUT2D eigenvalue weighted by atomic mass is 9.74. The van der Waals surface area contributed by atoms with E-state index in [1.54, 1.807) is 24.3 Å². The number of hydrogen-bond donors (Lipinski definition) is 1. The molecule has 0 aliphatic carbocycles. The predicted molar refractivity (Wildman–Crippen MR) is 93.0 cm³/mol. The third-order valence-corrected chi connectivity index (χ3v) is 4.89. The SMILES string of the molecule is CC(=O)c1c(F)cccc1NCC1(c2ccc(F)cc2)CCOCC1. The number of hydrogen-bond acceptors (Lipinski definition) is 3. The van der Waals surface area contributed by atoms with Crippen molar-refractivity contribution in [2.75, 3.05) is 25.1 Å². The van der Waals surface area contributed by atoms with Gasteiger partial charge in [0.25, 0.3) is 0 Å². The molecule has 0 aromatic heterocycles. The van der Waals surface area contributed by atoms with Crippen molar-refractivity contribution in [2.45, 2.75) is 25.2 Å². The van der Waals surface area contributed by atoms with E-state index >= 15 is 0 Å². The number of Topliss-reactive ketones (excluding diaryl/α,β-unsaturated/α-hetero) is 1. The summed E-state index contributed by atoms with van der Waals surface area (Å²) in [5.41, 5.74) is 1.33. The van der Waals surface area contributed by atoms with E-state index in [-0.39, 0.29) is 22.6 Å². The summed E-state index contributed by atoms with van der Waals surface area (Å²) in [5.74, 6) is -1.12. The van der Waals surface area contributed by atoms with E-state index in [0.717, 1.165) is 18.4 Å². The second-order valence-electron chi connectivity index (χ2n) is 6.47. The standard InChI is InChI=1S/C20H21F2NO2/c1-14(24)19-17(22)3-2-4-18(19)23-13-20(9-11-25-12-10-20)15-5-7-16(21)8-6-15/h2-8,23H,9-13H2,1H3. The molecule has 1 fully saturated rings. The van der Waals surface area contributed by atoms with Gasteiger partial charge in [-0.1, -0.05) is 18.2 Å². The quantitative estimate of drug-likeness (QED) is 0.820. The Labute approximate surface area is 146 Å². The molecule has 25 heavy (non-hydrogen) atoms. The fourth-order valence-electron chi connectivity index (χ4n) is 3.43. The minimum atomic E-state index is -0.527. The number of halogens is 2. The summed E-state index contributed by atoms with van der Waals surface area (Å²) in [6, 6.07) is 11.1. The van der Waals surface area contributed by atoms with Crippen molar-refractivity contribution in [3.8, 4) is 0 Å². The highest BCUT2D eigenvalue weighted by Gasteiger charge is 2.34. The van der Waals surface area contributed by atoms with E-state index in [1.807, 2.05) is 0 Å². The number of ether oxygens (including phenoxy) is 1. The van der Waals surface area contributed by atoms with Crippen molar-refractivity contribution in [1.29, 1.82) is 0 Å². The van der Waals surface area contributed by atoms with Crippen molar-refractivity contribution in [3.05, 3.63) is 65.2 Å². The minimum absolute atomic E-state index is 0.0730. The molecule has 0 radical (unpaired) electrons. The molecule has 0 amide bonds. The predicted octanol–water partition coefficient (Wildman–Crippen LogP) is 4.33. The Bertz CT molecular complexity index is 753. The maximum atomic E-state index is 14.0. The molecule has 1 aliphatic rings. The van der Waals surface area contributed by atoms with Crippen LogP contribution in [0.4, 0.5) is 14.5 Å². The Morgan fingerprint density at radius 3 is 2.44 bits per heavy atom. The molecule has 1 aliphatic heterocycles. The first-order valence-corrected chi connectivity index (χ1v) is 8.39. The van der Waals surface area contributed by atoms with Gasteiger partial charge < -0.3 is 10.1 Å². The molecule has 132 valence electrons. The van der Waals surface area contributed by atoms with Crippen LogP contribution in [0.25, 0.3) is 0 Å². The number of rotatable bonds is 5. The van der Waals surface area contributed by atoms with E-state index in [9.17, 15) is 13.6 Å². The van der Waals surface area contributed by atoms with Crippen LogP contribution in [0.15, 0.2) is 42.5 Å². The molecule has 0 bridgehead atoms. The summed E-state index contributed by atoms with van der Waals surface area (Å²) in [6.45, 7) is 3.10. The molecular weight excluding hydrogens is 324 g/mol. The third-order valence-electron chi connectivity index (χ3n) is 4.89.